The van der Waals surface area contributed by atoms with Gasteiger partial charge in [-0.15, -0.1) is 0 Å². The third kappa shape index (κ3) is 8.99. The number of nitrogens with one attached hydrogen (secondary N) is 1. The van der Waals surface area contributed by atoms with Crippen molar-refractivity contribution in [1.82, 2.24) is 14.9 Å². The van der Waals surface area contributed by atoms with Crippen molar-refractivity contribution in [3.05, 3.63) is 42.0 Å². The first kappa shape index (κ1) is 32.7. The summed E-state index contributed by atoms with van der Waals surface area (Å²) in [6.07, 6.45) is 12.3. The van der Waals surface area contributed by atoms with Crippen LogP contribution in [0.25, 0.3) is 0 Å². The molecule has 5 rings (SSSR count). The van der Waals surface area contributed by atoms with Gasteiger partial charge < -0.3 is 30.4 Å². The Kier molecular flexibility index (Phi) is 14.0. The first-order valence-corrected chi connectivity index (χ1v) is 14.2. The van der Waals surface area contributed by atoms with Crippen LogP contribution in [-0.4, -0.2) is 66.1 Å². The molecule has 0 spiro atoms. The number of nitrogens with zero attached hydrogens (tertiary/aromatic N) is 4. The summed E-state index contributed by atoms with van der Waals surface area (Å²) in [6.45, 7) is 10.4. The predicted molar refractivity (Wildman–Crippen MR) is 158 cm³/mol. The third-order valence-electron chi connectivity index (χ3n) is 7.78. The monoisotopic (exact) mass is 556 g/mol. The number of aromatic nitrogens is 2. The van der Waals surface area contributed by atoms with Crippen LogP contribution < -0.4 is 16.0 Å². The smallest absolute Gasteiger partial charge is 0.245 e. The molecular formula is C30H45FN6O3. The summed E-state index contributed by atoms with van der Waals surface area (Å²) < 4.78 is 14.4. The number of rotatable bonds is 4. The van der Waals surface area contributed by atoms with Crippen LogP contribution in [0.3, 0.4) is 0 Å². The van der Waals surface area contributed by atoms with Crippen LogP contribution in [0.1, 0.15) is 70.3 Å². The Balaban J connectivity index is 0.000000434. The predicted octanol–water partition coefficient (Wildman–Crippen LogP) is 4.80. The molecule has 3 heterocycles. The summed E-state index contributed by atoms with van der Waals surface area (Å²) in [7, 11) is 0. The summed E-state index contributed by atoms with van der Waals surface area (Å²) in [5, 5.41) is 3.43. The van der Waals surface area contributed by atoms with E-state index in [2.05, 4.69) is 22.2 Å². The molecule has 3 aliphatic rings. The highest BCUT2D eigenvalue weighted by Gasteiger charge is 2.36. The summed E-state index contributed by atoms with van der Waals surface area (Å²) in [5.74, 6) is 0.648. The number of hydrogen-bond donors (Lipinski definition) is 2. The zero-order chi connectivity index (χ0) is 29.5. The standard InChI is InChI=1S/C21H27FN6O.C7H14.2CH2O/c1-14-6-2-3-8-16(14)26-17-9-5-11-28(21(17)29)15-7-4-10-27(12-15)20-18(22)19(23)24-13-25-20;1-7-5-3-2-4-6-7;2*1-2/h2-3,6,8,13,15,17,26H,4-5,7,9-12H2,1H3,(H2,23,24,25);7H,2-6H2,1H3;2*1H2/t15-,17?;;;/m1.../s1. The number of halogens is 1. The van der Waals surface area contributed by atoms with E-state index in [0.29, 0.717) is 13.1 Å². The fraction of sp³-hybridized carbons (Fsp3) is 0.567. The van der Waals surface area contributed by atoms with Crippen molar-refractivity contribution < 1.29 is 18.8 Å². The van der Waals surface area contributed by atoms with Gasteiger partial charge >= 0.3 is 0 Å². The molecule has 0 bridgehead atoms. The summed E-state index contributed by atoms with van der Waals surface area (Å²) in [4.78, 5) is 40.9. The van der Waals surface area contributed by atoms with Gasteiger partial charge in [-0.2, -0.15) is 4.39 Å². The van der Waals surface area contributed by atoms with E-state index >= 15 is 0 Å². The Hall–Kier alpha value is -3.56. The lowest BCUT2D eigenvalue weighted by molar-refractivity contribution is -0.137. The van der Waals surface area contributed by atoms with E-state index in [4.69, 9.17) is 15.3 Å². The SMILES string of the molecule is C=O.C=O.CC1CCCCC1.Cc1ccccc1NC1CCCN([C@@H]2CCCN(c3ncnc(N)c3F)C2)C1=O. The molecule has 1 aromatic heterocycles. The highest BCUT2D eigenvalue weighted by Crippen LogP contribution is 2.28. The fourth-order valence-corrected chi connectivity index (χ4v) is 5.62. The average molecular weight is 557 g/mol. The molecule has 1 amide bonds. The first-order valence-electron chi connectivity index (χ1n) is 14.2. The minimum Gasteiger partial charge on any atom is -0.381 e. The van der Waals surface area contributed by atoms with Gasteiger partial charge in [-0.1, -0.05) is 57.2 Å². The van der Waals surface area contributed by atoms with Crippen molar-refractivity contribution in [2.75, 3.05) is 35.6 Å². The fourth-order valence-electron chi connectivity index (χ4n) is 5.62. The van der Waals surface area contributed by atoms with Crippen LogP contribution in [0.4, 0.5) is 21.7 Å². The van der Waals surface area contributed by atoms with Crippen LogP contribution in [-0.2, 0) is 14.4 Å². The normalized spacial score (nSPS) is 21.0. The number of nitrogens with two attached hydrogens (primary N) is 1. The number of anilines is 3. The number of piperidine rings is 2. The average Bonchev–Trinajstić information content (AvgIpc) is 2.99. The highest BCUT2D eigenvalue weighted by atomic mass is 19.1. The van der Waals surface area contributed by atoms with Crippen molar-refractivity contribution in [3.8, 4) is 0 Å². The van der Waals surface area contributed by atoms with Crippen molar-refractivity contribution in [1.29, 1.82) is 0 Å². The van der Waals surface area contributed by atoms with Gasteiger partial charge in [0.2, 0.25) is 11.7 Å². The van der Waals surface area contributed by atoms with Crippen LogP contribution in [0.15, 0.2) is 30.6 Å². The van der Waals surface area contributed by atoms with Gasteiger partial charge in [0.1, 0.15) is 25.9 Å². The van der Waals surface area contributed by atoms with E-state index in [-0.39, 0.29) is 29.6 Å². The zero-order valence-corrected chi connectivity index (χ0v) is 24.0. The molecule has 1 aliphatic carbocycles. The van der Waals surface area contributed by atoms with Gasteiger partial charge in [0.05, 0.1) is 0 Å². The third-order valence-corrected chi connectivity index (χ3v) is 7.78. The topological polar surface area (TPSA) is 122 Å². The number of amides is 1. The minimum atomic E-state index is -0.586. The molecule has 2 aromatic rings. The maximum Gasteiger partial charge on any atom is 0.245 e. The Morgan fingerprint density at radius 3 is 2.27 bits per heavy atom. The molecule has 0 radical (unpaired) electrons. The van der Waals surface area contributed by atoms with Crippen molar-refractivity contribution in [2.24, 2.45) is 5.92 Å². The number of hydrogen-bond acceptors (Lipinski definition) is 8. The Morgan fingerprint density at radius 1 is 0.950 bits per heavy atom. The van der Waals surface area contributed by atoms with Gasteiger partial charge in [-0.25, -0.2) is 9.97 Å². The second kappa shape index (κ2) is 17.2. The van der Waals surface area contributed by atoms with Gasteiger partial charge in [0.25, 0.3) is 0 Å². The number of benzene rings is 1. The van der Waals surface area contributed by atoms with Crippen molar-refractivity contribution >= 4 is 36.8 Å². The maximum atomic E-state index is 14.4. The lowest BCUT2D eigenvalue weighted by Gasteiger charge is -2.43. The molecule has 2 saturated heterocycles. The second-order valence-corrected chi connectivity index (χ2v) is 10.6. The molecule has 40 heavy (non-hydrogen) atoms. The molecule has 2 atom stereocenters. The van der Waals surface area contributed by atoms with Crippen LogP contribution >= 0.6 is 0 Å². The quantitative estimate of drug-likeness (QED) is 0.551. The molecule has 1 saturated carbocycles. The van der Waals surface area contributed by atoms with Crippen molar-refractivity contribution in [2.45, 2.75) is 83.7 Å². The maximum absolute atomic E-state index is 14.4. The lowest BCUT2D eigenvalue weighted by Crippen LogP contribution is -2.56. The van der Waals surface area contributed by atoms with Gasteiger partial charge in [-0.05, 0) is 50.2 Å². The molecule has 3 fully saturated rings. The Bertz CT molecular complexity index is 1050. The number of nitrogen functional groups attached to an aromatic ring is 1. The Labute approximate surface area is 237 Å². The van der Waals surface area contributed by atoms with Crippen molar-refractivity contribution in [3.63, 3.8) is 0 Å². The van der Waals surface area contributed by atoms with E-state index in [1.54, 1.807) is 0 Å². The molecule has 1 unspecified atom stereocenters. The number of carbonyl (C=O) groups is 3. The molecule has 10 heteroatoms. The number of carbonyl (C=O) groups excluding carboxylic acids is 3. The molecule has 2 aliphatic heterocycles. The number of likely N-dealkylation sites (tertiary alicyclic amines) is 1. The van der Waals surface area contributed by atoms with E-state index in [1.807, 2.05) is 54.6 Å². The first-order chi connectivity index (χ1) is 19.4. The van der Waals surface area contributed by atoms with E-state index < -0.39 is 5.82 Å². The van der Waals surface area contributed by atoms with Crippen LogP contribution in [0.2, 0.25) is 0 Å². The molecule has 3 N–H and O–H groups in total. The van der Waals surface area contributed by atoms with E-state index in [1.165, 1.54) is 38.4 Å². The summed E-state index contributed by atoms with van der Waals surface area (Å²) >= 11 is 0. The minimum absolute atomic E-state index is 0.0355. The van der Waals surface area contributed by atoms with Gasteiger partial charge in [0, 0.05) is 31.4 Å². The zero-order valence-electron chi connectivity index (χ0n) is 24.0. The van der Waals surface area contributed by atoms with Crippen LogP contribution in [0.5, 0.6) is 0 Å². The number of aryl methyl sites for hydroxylation is 1. The Morgan fingerprint density at radius 2 is 1.62 bits per heavy atom. The molecular weight excluding hydrogens is 511 g/mol. The largest absolute Gasteiger partial charge is 0.381 e. The molecule has 220 valence electrons. The van der Waals surface area contributed by atoms with Gasteiger partial charge in [-0.3, -0.25) is 4.79 Å². The van der Waals surface area contributed by atoms with E-state index in [0.717, 1.165) is 49.4 Å². The number of para-hydroxylation sites is 1. The lowest BCUT2D eigenvalue weighted by atomic mass is 9.91. The van der Waals surface area contributed by atoms with Gasteiger partial charge in [0.15, 0.2) is 11.6 Å². The van der Waals surface area contributed by atoms with Crippen LogP contribution in [0, 0.1) is 18.7 Å². The van der Waals surface area contributed by atoms with E-state index in [9.17, 15) is 9.18 Å². The molecule has 1 aromatic carbocycles. The summed E-state index contributed by atoms with van der Waals surface area (Å²) in [6, 6.07) is 7.81. The molecule has 9 nitrogen and oxygen atoms in total. The second-order valence-electron chi connectivity index (χ2n) is 10.6. The highest BCUT2D eigenvalue weighted by molar-refractivity contribution is 5.86. The summed E-state index contributed by atoms with van der Waals surface area (Å²) in [5.41, 5.74) is 7.72.